The first-order valence-corrected chi connectivity index (χ1v) is 7.00. The van der Waals surface area contributed by atoms with Crippen LogP contribution in [0.3, 0.4) is 0 Å². The minimum Gasteiger partial charge on any atom is -0.330 e. The molecule has 0 radical (unpaired) electrons. The van der Waals surface area contributed by atoms with Crippen molar-refractivity contribution in [1.82, 2.24) is 0 Å². The number of nitrogens with two attached hydrogens (primary N) is 1. The van der Waals surface area contributed by atoms with Crippen LogP contribution in [0.1, 0.15) is 45.1 Å². The van der Waals surface area contributed by atoms with Crippen LogP contribution in [0.5, 0.6) is 0 Å². The zero-order valence-electron chi connectivity index (χ0n) is 11.8. The van der Waals surface area contributed by atoms with E-state index in [-0.39, 0.29) is 17.0 Å². The first-order valence-electron chi connectivity index (χ1n) is 7.00. The molecule has 0 aromatic heterocycles. The average molecular weight is 267 g/mol. The number of benzene rings is 1. The Morgan fingerprint density at radius 2 is 1.74 bits per heavy atom. The van der Waals surface area contributed by atoms with Crippen LogP contribution >= 0.6 is 0 Å². The van der Waals surface area contributed by atoms with Crippen molar-refractivity contribution in [2.45, 2.75) is 46.0 Å². The van der Waals surface area contributed by atoms with Crippen molar-refractivity contribution in [3.05, 3.63) is 35.4 Å². The lowest BCUT2D eigenvalue weighted by Gasteiger charge is -2.43. The molecule has 0 bridgehead atoms. The third-order valence-electron chi connectivity index (χ3n) is 4.67. The Bertz CT molecular complexity index is 444. The lowest BCUT2D eigenvalue weighted by molar-refractivity contribution is 0.107. The minimum absolute atomic E-state index is 0.0653. The third-order valence-corrected chi connectivity index (χ3v) is 4.67. The molecule has 0 unspecified atom stereocenters. The molecule has 0 heterocycles. The van der Waals surface area contributed by atoms with Gasteiger partial charge in [-0.1, -0.05) is 13.8 Å². The van der Waals surface area contributed by atoms with Gasteiger partial charge in [-0.15, -0.1) is 0 Å². The lowest BCUT2D eigenvalue weighted by atomic mass is 9.63. The van der Waals surface area contributed by atoms with Gasteiger partial charge < -0.3 is 5.73 Å². The van der Waals surface area contributed by atoms with Crippen molar-refractivity contribution in [1.29, 1.82) is 0 Å². The SMILES string of the molecule is CC1(C)CCC(CN)(Cc2cc(F)ccc2F)CC1. The van der Waals surface area contributed by atoms with E-state index >= 15 is 0 Å². The Morgan fingerprint density at radius 1 is 1.11 bits per heavy atom. The van der Waals surface area contributed by atoms with Crippen molar-refractivity contribution in [2.24, 2.45) is 16.6 Å². The minimum atomic E-state index is -0.375. The number of hydrogen-bond acceptors (Lipinski definition) is 1. The maximum Gasteiger partial charge on any atom is 0.126 e. The van der Waals surface area contributed by atoms with Crippen LogP contribution in [0.15, 0.2) is 18.2 Å². The second kappa shape index (κ2) is 5.20. The highest BCUT2D eigenvalue weighted by Gasteiger charge is 2.37. The first-order chi connectivity index (χ1) is 8.86. The summed E-state index contributed by atoms with van der Waals surface area (Å²) in [6.45, 7) is 5.06. The maximum atomic E-state index is 13.8. The zero-order chi connectivity index (χ0) is 14.1. The van der Waals surface area contributed by atoms with Gasteiger partial charge in [0.2, 0.25) is 0 Å². The van der Waals surface area contributed by atoms with Crippen LogP contribution in [-0.4, -0.2) is 6.54 Å². The summed E-state index contributed by atoms with van der Waals surface area (Å²) < 4.78 is 27.0. The summed E-state index contributed by atoms with van der Waals surface area (Å²) in [6.07, 6.45) is 4.73. The molecule has 0 saturated heterocycles. The van der Waals surface area contributed by atoms with Crippen LogP contribution in [0.2, 0.25) is 0 Å². The number of halogens is 2. The topological polar surface area (TPSA) is 26.0 Å². The van der Waals surface area contributed by atoms with E-state index in [9.17, 15) is 8.78 Å². The summed E-state index contributed by atoms with van der Waals surface area (Å²) in [5.74, 6) is -0.696. The second-order valence-electron chi connectivity index (χ2n) is 6.78. The van der Waals surface area contributed by atoms with E-state index in [2.05, 4.69) is 13.8 Å². The molecule has 2 rings (SSSR count). The highest BCUT2D eigenvalue weighted by atomic mass is 19.1. The van der Waals surface area contributed by atoms with E-state index in [1.807, 2.05) is 0 Å². The molecule has 1 aliphatic rings. The smallest absolute Gasteiger partial charge is 0.126 e. The second-order valence-corrected chi connectivity index (χ2v) is 6.78. The highest BCUT2D eigenvalue weighted by Crippen LogP contribution is 2.46. The molecule has 0 amide bonds. The fraction of sp³-hybridized carbons (Fsp3) is 0.625. The molecule has 0 spiro atoms. The molecule has 1 aromatic rings. The van der Waals surface area contributed by atoms with Crippen molar-refractivity contribution < 1.29 is 8.78 Å². The summed E-state index contributed by atoms with van der Waals surface area (Å²) in [5.41, 5.74) is 6.69. The fourth-order valence-corrected chi connectivity index (χ4v) is 2.99. The van der Waals surface area contributed by atoms with Crippen LogP contribution in [-0.2, 0) is 6.42 Å². The summed E-state index contributed by atoms with van der Waals surface area (Å²) in [4.78, 5) is 0. The Morgan fingerprint density at radius 3 is 2.32 bits per heavy atom. The Balaban J connectivity index is 2.17. The Kier molecular flexibility index (Phi) is 3.95. The molecule has 1 saturated carbocycles. The molecule has 0 aliphatic heterocycles. The quantitative estimate of drug-likeness (QED) is 0.878. The van der Waals surface area contributed by atoms with E-state index in [0.717, 1.165) is 31.7 Å². The van der Waals surface area contributed by atoms with Gasteiger partial charge in [0.05, 0.1) is 0 Å². The van der Waals surface area contributed by atoms with E-state index < -0.39 is 0 Å². The van der Waals surface area contributed by atoms with Gasteiger partial charge in [-0.25, -0.2) is 8.78 Å². The van der Waals surface area contributed by atoms with Gasteiger partial charge in [-0.2, -0.15) is 0 Å². The van der Waals surface area contributed by atoms with Crippen LogP contribution < -0.4 is 5.73 Å². The van der Waals surface area contributed by atoms with Gasteiger partial charge in [-0.05, 0) is 73.2 Å². The van der Waals surface area contributed by atoms with E-state index in [1.165, 1.54) is 12.1 Å². The van der Waals surface area contributed by atoms with Gasteiger partial charge >= 0.3 is 0 Å². The monoisotopic (exact) mass is 267 g/mol. The maximum absolute atomic E-state index is 13.8. The first kappa shape index (κ1) is 14.4. The van der Waals surface area contributed by atoms with Crippen molar-refractivity contribution in [3.63, 3.8) is 0 Å². The van der Waals surface area contributed by atoms with Crippen LogP contribution in [0, 0.1) is 22.5 Å². The fourth-order valence-electron chi connectivity index (χ4n) is 2.99. The number of rotatable bonds is 3. The highest BCUT2D eigenvalue weighted by molar-refractivity contribution is 5.20. The summed E-state index contributed by atoms with van der Waals surface area (Å²) >= 11 is 0. The van der Waals surface area contributed by atoms with Crippen molar-refractivity contribution >= 4 is 0 Å². The molecular weight excluding hydrogens is 244 g/mol. The summed E-state index contributed by atoms with van der Waals surface area (Å²) in [6, 6.07) is 3.69. The predicted molar refractivity (Wildman–Crippen MR) is 73.8 cm³/mol. The average Bonchev–Trinajstić information content (AvgIpc) is 2.37. The molecule has 1 aliphatic carbocycles. The van der Waals surface area contributed by atoms with Crippen molar-refractivity contribution in [3.8, 4) is 0 Å². The van der Waals surface area contributed by atoms with E-state index in [4.69, 9.17) is 5.73 Å². The molecule has 0 atom stereocenters. The summed E-state index contributed by atoms with van der Waals surface area (Å²) in [5, 5.41) is 0. The molecular formula is C16H23F2N. The normalized spacial score (nSPS) is 21.3. The van der Waals surface area contributed by atoms with Crippen LogP contribution in [0.4, 0.5) is 8.78 Å². The van der Waals surface area contributed by atoms with Gasteiger partial charge in [0, 0.05) is 0 Å². The largest absolute Gasteiger partial charge is 0.330 e. The molecule has 19 heavy (non-hydrogen) atoms. The van der Waals surface area contributed by atoms with E-state index in [1.54, 1.807) is 0 Å². The van der Waals surface area contributed by atoms with E-state index in [0.29, 0.717) is 23.9 Å². The molecule has 1 aromatic carbocycles. The van der Waals surface area contributed by atoms with Crippen molar-refractivity contribution in [2.75, 3.05) is 6.54 Å². The van der Waals surface area contributed by atoms with Gasteiger partial charge in [-0.3, -0.25) is 0 Å². The van der Waals surface area contributed by atoms with Gasteiger partial charge in [0.25, 0.3) is 0 Å². The predicted octanol–water partition coefficient (Wildman–Crippen LogP) is 4.05. The summed E-state index contributed by atoms with van der Waals surface area (Å²) in [7, 11) is 0. The molecule has 1 fully saturated rings. The van der Waals surface area contributed by atoms with Crippen LogP contribution in [0.25, 0.3) is 0 Å². The Hall–Kier alpha value is -0.960. The standard InChI is InChI=1S/C16H23F2N/c1-15(2)5-7-16(11-19,8-6-15)10-12-9-13(17)3-4-14(12)18/h3-4,9H,5-8,10-11,19H2,1-2H3. The number of hydrogen-bond donors (Lipinski definition) is 1. The zero-order valence-corrected chi connectivity index (χ0v) is 11.8. The van der Waals surface area contributed by atoms with Gasteiger partial charge in [0.1, 0.15) is 11.6 Å². The molecule has 1 nitrogen and oxygen atoms in total. The molecule has 3 heteroatoms. The molecule has 106 valence electrons. The Labute approximate surface area is 114 Å². The van der Waals surface area contributed by atoms with Gasteiger partial charge in [0.15, 0.2) is 0 Å². The third kappa shape index (κ3) is 3.33. The lowest BCUT2D eigenvalue weighted by Crippen LogP contribution is -2.39. The molecule has 2 N–H and O–H groups in total.